The second kappa shape index (κ2) is 4.31. The monoisotopic (exact) mass is 274 g/mol. The maximum Gasteiger partial charge on any atom is 0.418 e. The fourth-order valence-corrected chi connectivity index (χ4v) is 2.54. The van der Waals surface area contributed by atoms with Gasteiger partial charge in [0.2, 0.25) is 0 Å². The smallest absolute Gasteiger partial charge is 0.219 e. The normalized spacial score (nSPS) is 16.5. The van der Waals surface area contributed by atoms with E-state index in [1.165, 1.54) is 12.1 Å². The first-order chi connectivity index (χ1) is 8.19. The molecule has 1 aliphatic rings. The van der Waals surface area contributed by atoms with Crippen molar-refractivity contribution in [3.05, 3.63) is 33.6 Å². The highest BCUT2D eigenvalue weighted by Crippen LogP contribution is 2.44. The van der Waals surface area contributed by atoms with Gasteiger partial charge in [-0.3, -0.25) is 0 Å². The molecule has 94 valence electrons. The van der Waals surface area contributed by atoms with Gasteiger partial charge in [0.05, 0.1) is 27.7 Å². The van der Waals surface area contributed by atoms with Crippen LogP contribution in [0.15, 0.2) is 33.6 Å². The van der Waals surface area contributed by atoms with Crippen molar-refractivity contribution in [2.75, 3.05) is 0 Å². The number of alkyl halides is 3. The fraction of sp³-hybridized carbons (Fsp3) is 0.200. The van der Waals surface area contributed by atoms with Crippen molar-refractivity contribution in [3.8, 4) is 12.1 Å². The maximum absolute atomic E-state index is 12.8. The molecule has 0 heterocycles. The third kappa shape index (κ3) is 2.15. The molecule has 0 radical (unpaired) electrons. The highest BCUT2D eigenvalue weighted by Gasteiger charge is 2.46. The molecule has 0 spiro atoms. The molecular weight excluding hydrogens is 269 g/mol. The van der Waals surface area contributed by atoms with Crippen molar-refractivity contribution in [3.63, 3.8) is 0 Å². The molecule has 0 N–H and O–H groups in total. The number of nitrogens with zero attached hydrogens (tertiary/aromatic N) is 2. The van der Waals surface area contributed by atoms with E-state index in [-0.39, 0.29) is 0 Å². The summed E-state index contributed by atoms with van der Waals surface area (Å²) in [5.41, 5.74) is -3.02. The molecule has 0 saturated carbocycles. The van der Waals surface area contributed by atoms with Crippen LogP contribution in [0.3, 0.4) is 0 Å². The Balaban J connectivity index is 3.68. The van der Waals surface area contributed by atoms with E-state index in [0.29, 0.717) is 5.41 Å². The van der Waals surface area contributed by atoms with Gasteiger partial charge in [0.15, 0.2) is 9.84 Å². The standard InChI is InChI=1S/C10H5F3N2O2S/c1-2-18(16,17)8-3-6(4-14)7(5-15)9(8)10(11,12)13/h2H,1,3H2. The van der Waals surface area contributed by atoms with Crippen molar-refractivity contribution < 1.29 is 21.6 Å². The molecule has 0 bridgehead atoms. The topological polar surface area (TPSA) is 81.7 Å². The summed E-state index contributed by atoms with van der Waals surface area (Å²) in [5, 5.41) is 17.6. The Morgan fingerprint density at radius 3 is 2.17 bits per heavy atom. The zero-order valence-electron chi connectivity index (χ0n) is 8.74. The maximum atomic E-state index is 12.8. The van der Waals surface area contributed by atoms with Crippen molar-refractivity contribution in [2.45, 2.75) is 12.6 Å². The summed E-state index contributed by atoms with van der Waals surface area (Å²) >= 11 is 0. The predicted molar refractivity (Wildman–Crippen MR) is 55.1 cm³/mol. The Hall–Kier alpha value is -2.06. The molecule has 0 unspecified atom stereocenters. The minimum Gasteiger partial charge on any atom is -0.219 e. The first kappa shape index (κ1) is 14.0. The molecule has 0 aromatic heterocycles. The molecule has 0 aromatic carbocycles. The highest BCUT2D eigenvalue weighted by molar-refractivity contribution is 7.98. The minimum atomic E-state index is -5.02. The van der Waals surface area contributed by atoms with E-state index < -0.39 is 44.1 Å². The molecule has 4 nitrogen and oxygen atoms in total. The summed E-state index contributed by atoms with van der Waals surface area (Å²) in [7, 11) is -4.34. The lowest BCUT2D eigenvalue weighted by Gasteiger charge is -2.10. The average molecular weight is 274 g/mol. The largest absolute Gasteiger partial charge is 0.418 e. The number of sulfone groups is 1. The predicted octanol–water partition coefficient (Wildman–Crippen LogP) is 2.11. The Morgan fingerprint density at radius 2 is 1.83 bits per heavy atom. The van der Waals surface area contributed by atoms with Crippen molar-refractivity contribution in [1.82, 2.24) is 0 Å². The van der Waals surface area contributed by atoms with Crippen molar-refractivity contribution in [1.29, 1.82) is 10.5 Å². The van der Waals surface area contributed by atoms with E-state index in [4.69, 9.17) is 10.5 Å². The zero-order chi connectivity index (χ0) is 14.1. The van der Waals surface area contributed by atoms with E-state index in [9.17, 15) is 21.6 Å². The molecule has 0 fully saturated rings. The minimum absolute atomic E-state index is 0.364. The van der Waals surface area contributed by atoms with Gasteiger partial charge in [-0.1, -0.05) is 6.58 Å². The van der Waals surface area contributed by atoms with Crippen molar-refractivity contribution >= 4 is 9.84 Å². The summed E-state index contributed by atoms with van der Waals surface area (Å²) in [5.74, 6) is 0. The van der Waals surface area contributed by atoms with Crippen LogP contribution in [-0.2, 0) is 9.84 Å². The Morgan fingerprint density at radius 1 is 1.28 bits per heavy atom. The van der Waals surface area contributed by atoms with Crippen LogP contribution in [0.2, 0.25) is 0 Å². The second-order valence-electron chi connectivity index (χ2n) is 3.26. The van der Waals surface area contributed by atoms with Crippen LogP contribution < -0.4 is 0 Å². The lowest BCUT2D eigenvalue weighted by atomic mass is 10.1. The highest BCUT2D eigenvalue weighted by atomic mass is 32.2. The number of rotatable bonds is 2. The molecular formula is C10H5F3N2O2S. The molecule has 18 heavy (non-hydrogen) atoms. The summed E-state index contributed by atoms with van der Waals surface area (Å²) in [6.07, 6.45) is -5.75. The van der Waals surface area contributed by atoms with Gasteiger partial charge in [-0.05, 0) is 0 Å². The number of nitriles is 2. The lowest BCUT2D eigenvalue weighted by Crippen LogP contribution is -2.16. The number of hydrogen-bond acceptors (Lipinski definition) is 4. The second-order valence-corrected chi connectivity index (χ2v) is 5.18. The van der Waals surface area contributed by atoms with E-state index in [1.807, 2.05) is 0 Å². The van der Waals surface area contributed by atoms with Gasteiger partial charge in [0.25, 0.3) is 0 Å². The van der Waals surface area contributed by atoms with Crippen LogP contribution in [0.4, 0.5) is 13.2 Å². The van der Waals surface area contributed by atoms with Gasteiger partial charge in [-0.25, -0.2) is 8.42 Å². The van der Waals surface area contributed by atoms with Gasteiger partial charge in [-0.2, -0.15) is 23.7 Å². The van der Waals surface area contributed by atoms with Gasteiger partial charge < -0.3 is 0 Å². The number of hydrogen-bond donors (Lipinski definition) is 0. The third-order valence-corrected chi connectivity index (χ3v) is 3.74. The molecule has 8 heteroatoms. The number of allylic oxidation sites excluding steroid dienone is 4. The van der Waals surface area contributed by atoms with E-state index in [2.05, 4.69) is 6.58 Å². The zero-order valence-corrected chi connectivity index (χ0v) is 9.56. The molecule has 0 saturated heterocycles. The first-order valence-electron chi connectivity index (χ1n) is 4.40. The fourth-order valence-electron chi connectivity index (χ4n) is 1.49. The van der Waals surface area contributed by atoms with E-state index >= 15 is 0 Å². The third-order valence-electron chi connectivity index (χ3n) is 2.26. The number of halogens is 3. The van der Waals surface area contributed by atoms with Crippen LogP contribution in [0.5, 0.6) is 0 Å². The van der Waals surface area contributed by atoms with Gasteiger partial charge in [-0.15, -0.1) is 0 Å². The molecule has 0 aliphatic heterocycles. The Labute approximate surface area is 101 Å². The van der Waals surface area contributed by atoms with Crippen molar-refractivity contribution in [2.24, 2.45) is 0 Å². The van der Waals surface area contributed by atoms with Gasteiger partial charge >= 0.3 is 6.18 Å². The molecule has 1 aliphatic carbocycles. The van der Waals surface area contributed by atoms with Crippen LogP contribution in [0.25, 0.3) is 0 Å². The summed E-state index contributed by atoms with van der Waals surface area (Å²) < 4.78 is 61.2. The van der Waals surface area contributed by atoms with E-state index in [1.54, 1.807) is 0 Å². The molecule has 0 atom stereocenters. The Bertz CT molecular complexity index is 655. The lowest BCUT2D eigenvalue weighted by molar-refractivity contribution is -0.0890. The van der Waals surface area contributed by atoms with Gasteiger partial charge in [0, 0.05) is 11.8 Å². The molecule has 0 aromatic rings. The van der Waals surface area contributed by atoms with E-state index in [0.717, 1.165) is 0 Å². The summed E-state index contributed by atoms with van der Waals surface area (Å²) in [6.45, 7) is 2.92. The molecule has 1 rings (SSSR count). The Kier molecular flexibility index (Phi) is 3.36. The summed E-state index contributed by atoms with van der Waals surface area (Å²) in [6, 6.07) is 2.64. The van der Waals surface area contributed by atoms with Crippen LogP contribution in [0, 0.1) is 22.7 Å². The SMILES string of the molecule is C=CS(=O)(=O)C1=C(C(F)(F)F)C(C#N)=C(C#N)C1. The van der Waals surface area contributed by atoms with Crippen LogP contribution in [-0.4, -0.2) is 14.6 Å². The van der Waals surface area contributed by atoms with Gasteiger partial charge in [0.1, 0.15) is 6.07 Å². The molecule has 0 amide bonds. The first-order valence-corrected chi connectivity index (χ1v) is 5.95. The van der Waals surface area contributed by atoms with Crippen LogP contribution in [0.1, 0.15) is 6.42 Å². The quantitative estimate of drug-likeness (QED) is 0.772. The summed E-state index contributed by atoms with van der Waals surface area (Å²) in [4.78, 5) is -1.00. The average Bonchev–Trinajstić information content (AvgIpc) is 2.67. The van der Waals surface area contributed by atoms with Crippen LogP contribution >= 0.6 is 0 Å².